The maximum atomic E-state index is 9.93. The molecule has 0 aromatic carbocycles. The third kappa shape index (κ3) is 1.41. The van der Waals surface area contributed by atoms with Gasteiger partial charge in [0.2, 0.25) is 0 Å². The van der Waals surface area contributed by atoms with Crippen molar-refractivity contribution in [3.05, 3.63) is 17.5 Å². The van der Waals surface area contributed by atoms with Gasteiger partial charge in [-0.15, -0.1) is 0 Å². The quantitative estimate of drug-likeness (QED) is 0.597. The molecule has 0 aliphatic rings. The number of hydrogen-bond donors (Lipinski definition) is 1. The monoisotopic (exact) mass is 141 g/mol. The molecule has 0 saturated heterocycles. The number of carbonyl (C=O) groups is 1. The Morgan fingerprint density at radius 3 is 3.10 bits per heavy atom. The number of rotatable bonds is 3. The molecule has 1 rings (SSSR count). The summed E-state index contributed by atoms with van der Waals surface area (Å²) in [7, 11) is 0. The van der Waals surface area contributed by atoms with Crippen LogP contribution in [-0.4, -0.2) is 16.5 Å². The van der Waals surface area contributed by atoms with Crippen LogP contribution in [0.4, 0.5) is 0 Å². The summed E-state index contributed by atoms with van der Waals surface area (Å²) < 4.78 is 4.61. The first-order chi connectivity index (χ1) is 4.86. The van der Waals surface area contributed by atoms with E-state index in [4.69, 9.17) is 5.11 Å². The van der Waals surface area contributed by atoms with Crippen molar-refractivity contribution in [3.8, 4) is 0 Å². The van der Waals surface area contributed by atoms with Crippen LogP contribution in [0.15, 0.2) is 10.6 Å². The number of aromatic nitrogens is 1. The molecule has 4 nitrogen and oxygen atoms in total. The minimum Gasteiger partial charge on any atom is -0.388 e. The number of aliphatic hydroxyl groups excluding tert-OH is 1. The topological polar surface area (TPSA) is 63.3 Å². The molecule has 54 valence electrons. The molecule has 0 spiro atoms. The summed E-state index contributed by atoms with van der Waals surface area (Å²) in [5.41, 5.74) is 0.555. The van der Waals surface area contributed by atoms with Crippen LogP contribution in [0.3, 0.4) is 0 Å². The lowest BCUT2D eigenvalue weighted by Gasteiger charge is -1.77. The summed E-state index contributed by atoms with van der Waals surface area (Å²) in [5, 5.41) is 12.0. The van der Waals surface area contributed by atoms with Gasteiger partial charge in [0.15, 0.2) is 5.76 Å². The van der Waals surface area contributed by atoms with Gasteiger partial charge in [-0.1, -0.05) is 5.16 Å². The van der Waals surface area contributed by atoms with Gasteiger partial charge in [-0.05, 0) is 0 Å². The van der Waals surface area contributed by atoms with E-state index in [-0.39, 0.29) is 13.0 Å². The summed E-state index contributed by atoms with van der Waals surface area (Å²) in [6.07, 6.45) is 0.975. The van der Waals surface area contributed by atoms with E-state index in [9.17, 15) is 4.79 Å². The molecule has 1 aromatic heterocycles. The molecule has 0 amide bonds. The van der Waals surface area contributed by atoms with Gasteiger partial charge in [-0.3, -0.25) is 0 Å². The van der Waals surface area contributed by atoms with Crippen LogP contribution in [0.5, 0.6) is 0 Å². The second-order valence-corrected chi connectivity index (χ2v) is 1.81. The van der Waals surface area contributed by atoms with Crippen molar-refractivity contribution in [1.29, 1.82) is 0 Å². The Kier molecular flexibility index (Phi) is 2.17. The standard InChI is InChI=1S/C6H7NO3/c8-2-1-5-3-6(4-9)10-7-5/h2-3,9H,1,4H2. The molecule has 10 heavy (non-hydrogen) atoms. The summed E-state index contributed by atoms with van der Waals surface area (Å²) >= 11 is 0. The number of carbonyl (C=O) groups excluding carboxylic acids is 1. The summed E-state index contributed by atoms with van der Waals surface area (Å²) in [5.74, 6) is 0.386. The maximum absolute atomic E-state index is 9.93. The largest absolute Gasteiger partial charge is 0.388 e. The minimum absolute atomic E-state index is 0.175. The van der Waals surface area contributed by atoms with Crippen LogP contribution in [0.1, 0.15) is 11.5 Å². The normalized spacial score (nSPS) is 9.70. The van der Waals surface area contributed by atoms with Crippen LogP contribution in [-0.2, 0) is 17.8 Å². The number of hydrogen-bond acceptors (Lipinski definition) is 4. The number of nitrogens with zero attached hydrogens (tertiary/aromatic N) is 1. The average molecular weight is 141 g/mol. The van der Waals surface area contributed by atoms with Gasteiger partial charge >= 0.3 is 0 Å². The fourth-order valence-corrected chi connectivity index (χ4v) is 0.612. The van der Waals surface area contributed by atoms with Crippen molar-refractivity contribution in [1.82, 2.24) is 5.16 Å². The molecule has 0 unspecified atom stereocenters. The highest BCUT2D eigenvalue weighted by molar-refractivity contribution is 5.53. The molecule has 4 heteroatoms. The SMILES string of the molecule is O=CCc1cc(CO)on1. The van der Waals surface area contributed by atoms with Gasteiger partial charge in [0, 0.05) is 12.5 Å². The molecule has 0 radical (unpaired) electrons. The molecule has 0 saturated carbocycles. The lowest BCUT2D eigenvalue weighted by molar-refractivity contribution is -0.107. The van der Waals surface area contributed by atoms with E-state index in [2.05, 4.69) is 9.68 Å². The van der Waals surface area contributed by atoms with Gasteiger partial charge in [0.05, 0.1) is 5.69 Å². The molecule has 0 fully saturated rings. The van der Waals surface area contributed by atoms with E-state index >= 15 is 0 Å². The van der Waals surface area contributed by atoms with Crippen molar-refractivity contribution in [2.24, 2.45) is 0 Å². The van der Waals surface area contributed by atoms with Gasteiger partial charge in [0.1, 0.15) is 12.9 Å². The number of aliphatic hydroxyl groups is 1. The Bertz CT molecular complexity index is 219. The van der Waals surface area contributed by atoms with Crippen LogP contribution in [0.2, 0.25) is 0 Å². The van der Waals surface area contributed by atoms with Crippen molar-refractivity contribution in [2.45, 2.75) is 13.0 Å². The van der Waals surface area contributed by atoms with Crippen LogP contribution >= 0.6 is 0 Å². The molecule has 1 N–H and O–H groups in total. The fourth-order valence-electron chi connectivity index (χ4n) is 0.612. The highest BCUT2D eigenvalue weighted by Gasteiger charge is 2.00. The van der Waals surface area contributed by atoms with Gasteiger partial charge in [-0.25, -0.2) is 0 Å². The Balaban J connectivity index is 2.67. The predicted octanol–water partition coefficient (Wildman–Crippen LogP) is -0.0917. The summed E-state index contributed by atoms with van der Waals surface area (Å²) in [6.45, 7) is -0.175. The Morgan fingerprint density at radius 2 is 2.60 bits per heavy atom. The molecule has 0 aliphatic heterocycles. The van der Waals surface area contributed by atoms with Gasteiger partial charge < -0.3 is 14.4 Å². The smallest absolute Gasteiger partial charge is 0.162 e. The zero-order valence-electron chi connectivity index (χ0n) is 5.28. The van der Waals surface area contributed by atoms with Crippen LogP contribution in [0.25, 0.3) is 0 Å². The van der Waals surface area contributed by atoms with Gasteiger partial charge in [-0.2, -0.15) is 0 Å². The van der Waals surface area contributed by atoms with Crippen molar-refractivity contribution >= 4 is 6.29 Å². The lowest BCUT2D eigenvalue weighted by atomic mass is 10.3. The molecular formula is C6H7NO3. The first kappa shape index (κ1) is 6.95. The van der Waals surface area contributed by atoms with E-state index in [1.54, 1.807) is 6.07 Å². The molecule has 0 aliphatic carbocycles. The molecular weight excluding hydrogens is 134 g/mol. The van der Waals surface area contributed by atoms with E-state index < -0.39 is 0 Å². The van der Waals surface area contributed by atoms with Gasteiger partial charge in [0.25, 0.3) is 0 Å². The highest BCUT2D eigenvalue weighted by Crippen LogP contribution is 2.02. The third-order valence-electron chi connectivity index (χ3n) is 1.06. The average Bonchev–Trinajstić information content (AvgIpc) is 2.37. The molecule has 0 bridgehead atoms. The molecule has 1 aromatic rings. The predicted molar refractivity (Wildman–Crippen MR) is 32.2 cm³/mol. The van der Waals surface area contributed by atoms with Crippen molar-refractivity contribution in [2.75, 3.05) is 0 Å². The van der Waals surface area contributed by atoms with E-state index in [0.29, 0.717) is 11.5 Å². The van der Waals surface area contributed by atoms with Crippen molar-refractivity contribution < 1.29 is 14.4 Å². The van der Waals surface area contributed by atoms with Crippen molar-refractivity contribution in [3.63, 3.8) is 0 Å². The van der Waals surface area contributed by atoms with E-state index in [1.165, 1.54) is 0 Å². The second-order valence-electron chi connectivity index (χ2n) is 1.81. The molecule has 1 heterocycles. The third-order valence-corrected chi connectivity index (χ3v) is 1.06. The van der Waals surface area contributed by atoms with Crippen LogP contribution < -0.4 is 0 Å². The maximum Gasteiger partial charge on any atom is 0.162 e. The van der Waals surface area contributed by atoms with E-state index in [1.807, 2.05) is 0 Å². The fraction of sp³-hybridized carbons (Fsp3) is 0.333. The first-order valence-electron chi connectivity index (χ1n) is 2.85. The zero-order chi connectivity index (χ0) is 7.40. The minimum atomic E-state index is -0.175. The first-order valence-corrected chi connectivity index (χ1v) is 2.85. The van der Waals surface area contributed by atoms with E-state index in [0.717, 1.165) is 6.29 Å². The highest BCUT2D eigenvalue weighted by atomic mass is 16.5. The number of aldehydes is 1. The Morgan fingerprint density at radius 1 is 1.80 bits per heavy atom. The zero-order valence-corrected chi connectivity index (χ0v) is 5.28. The second kappa shape index (κ2) is 3.12. The molecule has 0 atom stereocenters. The Hall–Kier alpha value is -1.16. The van der Waals surface area contributed by atoms with Crippen LogP contribution in [0, 0.1) is 0 Å². The summed E-state index contributed by atoms with van der Waals surface area (Å²) in [4.78, 5) is 9.93. The lowest BCUT2D eigenvalue weighted by Crippen LogP contribution is -1.83. The summed E-state index contributed by atoms with van der Waals surface area (Å²) in [6, 6.07) is 1.55. The Labute approximate surface area is 57.4 Å².